The predicted octanol–water partition coefficient (Wildman–Crippen LogP) is 1.65. The molecule has 3 rings (SSSR count). The van der Waals surface area contributed by atoms with Crippen LogP contribution in [0.25, 0.3) is 0 Å². The van der Waals surface area contributed by atoms with Crippen LogP contribution in [0.4, 0.5) is 5.69 Å². The first kappa shape index (κ1) is 15.7. The van der Waals surface area contributed by atoms with Gasteiger partial charge in [0.05, 0.1) is 31.0 Å². The average molecular weight is 314 g/mol. The molecule has 1 amide bonds. The van der Waals surface area contributed by atoms with Crippen molar-refractivity contribution in [3.8, 4) is 0 Å². The first-order chi connectivity index (χ1) is 11.2. The van der Waals surface area contributed by atoms with Gasteiger partial charge in [-0.3, -0.25) is 14.4 Å². The summed E-state index contributed by atoms with van der Waals surface area (Å²) in [4.78, 5) is 14.4. The van der Waals surface area contributed by atoms with E-state index in [0.29, 0.717) is 13.0 Å². The topological polar surface area (TPSA) is 59.4 Å². The van der Waals surface area contributed by atoms with Crippen LogP contribution >= 0.6 is 0 Å². The molecule has 2 heterocycles. The highest BCUT2D eigenvalue weighted by Gasteiger charge is 2.23. The molecule has 1 saturated heterocycles. The van der Waals surface area contributed by atoms with Crippen molar-refractivity contribution in [2.45, 2.75) is 19.1 Å². The Morgan fingerprint density at radius 1 is 1.39 bits per heavy atom. The van der Waals surface area contributed by atoms with Crippen LogP contribution in [0, 0.1) is 0 Å². The Kier molecular flexibility index (Phi) is 5.05. The van der Waals surface area contributed by atoms with Crippen molar-refractivity contribution in [3.05, 3.63) is 48.3 Å². The van der Waals surface area contributed by atoms with Gasteiger partial charge in [0.25, 0.3) is 0 Å². The van der Waals surface area contributed by atoms with Gasteiger partial charge < -0.3 is 10.1 Å². The number of aryl methyl sites for hydroxylation is 1. The molecular formula is C17H22N4O2. The van der Waals surface area contributed by atoms with E-state index in [0.717, 1.165) is 25.3 Å². The number of hydrogen-bond donors (Lipinski definition) is 1. The van der Waals surface area contributed by atoms with E-state index >= 15 is 0 Å². The summed E-state index contributed by atoms with van der Waals surface area (Å²) in [7, 11) is 1.82. The molecule has 1 aromatic heterocycles. The van der Waals surface area contributed by atoms with Crippen molar-refractivity contribution >= 4 is 11.6 Å². The van der Waals surface area contributed by atoms with Gasteiger partial charge in [-0.2, -0.15) is 5.10 Å². The lowest BCUT2D eigenvalue weighted by Gasteiger charge is -2.32. The molecule has 2 aromatic rings. The maximum absolute atomic E-state index is 12.1. The number of nitrogens with zero attached hydrogens (tertiary/aromatic N) is 3. The Balaban J connectivity index is 1.49. The van der Waals surface area contributed by atoms with E-state index in [1.165, 1.54) is 5.56 Å². The van der Waals surface area contributed by atoms with Crippen molar-refractivity contribution in [1.29, 1.82) is 0 Å². The molecule has 0 spiro atoms. The Labute approximate surface area is 136 Å². The lowest BCUT2D eigenvalue weighted by molar-refractivity contribution is -0.121. The van der Waals surface area contributed by atoms with Gasteiger partial charge in [0.15, 0.2) is 0 Å². The number of amides is 1. The highest BCUT2D eigenvalue weighted by molar-refractivity contribution is 5.90. The molecule has 1 unspecified atom stereocenters. The van der Waals surface area contributed by atoms with Crippen LogP contribution < -0.4 is 5.32 Å². The van der Waals surface area contributed by atoms with Crippen LogP contribution in [0.5, 0.6) is 0 Å². The Hall–Kier alpha value is -2.18. The van der Waals surface area contributed by atoms with Gasteiger partial charge in [-0.1, -0.05) is 30.3 Å². The van der Waals surface area contributed by atoms with Crippen LogP contribution in [0.3, 0.4) is 0 Å². The summed E-state index contributed by atoms with van der Waals surface area (Å²) in [6.45, 7) is 3.23. The zero-order valence-electron chi connectivity index (χ0n) is 13.3. The molecule has 23 heavy (non-hydrogen) atoms. The third-order valence-electron chi connectivity index (χ3n) is 3.87. The molecule has 6 nitrogen and oxygen atoms in total. The maximum Gasteiger partial charge on any atom is 0.227 e. The minimum Gasteiger partial charge on any atom is -0.375 e. The fourth-order valence-corrected chi connectivity index (χ4v) is 2.79. The lowest BCUT2D eigenvalue weighted by atomic mass is 10.1. The van der Waals surface area contributed by atoms with Gasteiger partial charge in [0.2, 0.25) is 5.91 Å². The summed E-state index contributed by atoms with van der Waals surface area (Å²) >= 11 is 0. The molecule has 1 aliphatic heterocycles. The second kappa shape index (κ2) is 7.39. The maximum atomic E-state index is 12.1. The van der Waals surface area contributed by atoms with Gasteiger partial charge >= 0.3 is 0 Å². The van der Waals surface area contributed by atoms with E-state index in [4.69, 9.17) is 4.74 Å². The molecular weight excluding hydrogens is 292 g/mol. The molecule has 0 saturated carbocycles. The smallest absolute Gasteiger partial charge is 0.227 e. The Morgan fingerprint density at radius 3 is 2.96 bits per heavy atom. The number of anilines is 1. The number of aromatic nitrogens is 2. The molecule has 1 N–H and O–H groups in total. The fourth-order valence-electron chi connectivity index (χ4n) is 2.79. The van der Waals surface area contributed by atoms with E-state index in [-0.39, 0.29) is 12.0 Å². The number of rotatable bonds is 5. The van der Waals surface area contributed by atoms with E-state index < -0.39 is 0 Å². The molecule has 6 heteroatoms. The standard InChI is InChI=1S/C17H22N4O2/c1-20-12-15(10-18-20)19-17(22)9-16-13-21(7-8-23-16)11-14-5-3-2-4-6-14/h2-6,10,12,16H,7-9,11,13H2,1H3,(H,19,22). The number of carbonyl (C=O) groups excluding carboxylic acids is 1. The minimum atomic E-state index is -0.0656. The highest BCUT2D eigenvalue weighted by Crippen LogP contribution is 2.13. The Morgan fingerprint density at radius 2 is 2.22 bits per heavy atom. The molecule has 0 radical (unpaired) electrons. The van der Waals surface area contributed by atoms with E-state index in [1.54, 1.807) is 17.1 Å². The summed E-state index contributed by atoms with van der Waals surface area (Å²) in [5.74, 6) is -0.0374. The summed E-state index contributed by atoms with van der Waals surface area (Å²) in [6.07, 6.45) is 3.71. The van der Waals surface area contributed by atoms with Gasteiger partial charge in [-0.15, -0.1) is 0 Å². The number of benzene rings is 1. The van der Waals surface area contributed by atoms with Gasteiger partial charge in [0, 0.05) is 32.9 Å². The summed E-state index contributed by atoms with van der Waals surface area (Å²) in [5, 5.41) is 6.89. The minimum absolute atomic E-state index is 0.0374. The largest absolute Gasteiger partial charge is 0.375 e. The number of hydrogen-bond acceptors (Lipinski definition) is 4. The van der Waals surface area contributed by atoms with Gasteiger partial charge in [0.1, 0.15) is 0 Å². The molecule has 0 bridgehead atoms. The zero-order chi connectivity index (χ0) is 16.1. The van der Waals surface area contributed by atoms with Crippen molar-refractivity contribution in [2.75, 3.05) is 25.0 Å². The van der Waals surface area contributed by atoms with Crippen molar-refractivity contribution < 1.29 is 9.53 Å². The second-order valence-corrected chi connectivity index (χ2v) is 5.87. The third-order valence-corrected chi connectivity index (χ3v) is 3.87. The summed E-state index contributed by atoms with van der Waals surface area (Å²) in [5.41, 5.74) is 2.00. The SMILES string of the molecule is Cn1cc(NC(=O)CC2CN(Cc3ccccc3)CCO2)cn1. The first-order valence-electron chi connectivity index (χ1n) is 7.85. The third kappa shape index (κ3) is 4.64. The molecule has 122 valence electrons. The van der Waals surface area contributed by atoms with Crippen LogP contribution in [-0.2, 0) is 23.1 Å². The van der Waals surface area contributed by atoms with Gasteiger partial charge in [-0.05, 0) is 5.56 Å². The summed E-state index contributed by atoms with van der Waals surface area (Å²) < 4.78 is 7.40. The fraction of sp³-hybridized carbons (Fsp3) is 0.412. The number of morpholine rings is 1. The number of ether oxygens (including phenoxy) is 1. The first-order valence-corrected chi connectivity index (χ1v) is 7.85. The van der Waals surface area contributed by atoms with E-state index in [9.17, 15) is 4.79 Å². The zero-order valence-corrected chi connectivity index (χ0v) is 13.3. The molecule has 1 aromatic carbocycles. The number of carbonyl (C=O) groups is 1. The van der Waals surface area contributed by atoms with Crippen LogP contribution in [0.2, 0.25) is 0 Å². The lowest BCUT2D eigenvalue weighted by Crippen LogP contribution is -2.43. The monoisotopic (exact) mass is 314 g/mol. The Bertz CT molecular complexity index is 641. The van der Waals surface area contributed by atoms with E-state index in [1.807, 2.05) is 13.1 Å². The molecule has 1 fully saturated rings. The molecule has 0 aliphatic carbocycles. The second-order valence-electron chi connectivity index (χ2n) is 5.87. The van der Waals surface area contributed by atoms with Crippen molar-refractivity contribution in [2.24, 2.45) is 7.05 Å². The molecule has 1 atom stereocenters. The highest BCUT2D eigenvalue weighted by atomic mass is 16.5. The van der Waals surface area contributed by atoms with Crippen LogP contribution in [-0.4, -0.2) is 46.4 Å². The van der Waals surface area contributed by atoms with Crippen molar-refractivity contribution in [1.82, 2.24) is 14.7 Å². The van der Waals surface area contributed by atoms with E-state index in [2.05, 4.69) is 39.6 Å². The normalized spacial score (nSPS) is 18.7. The predicted molar refractivity (Wildman–Crippen MR) is 87.9 cm³/mol. The van der Waals surface area contributed by atoms with Crippen molar-refractivity contribution in [3.63, 3.8) is 0 Å². The number of nitrogens with one attached hydrogen (secondary N) is 1. The quantitative estimate of drug-likeness (QED) is 0.912. The van der Waals surface area contributed by atoms with Gasteiger partial charge in [-0.25, -0.2) is 0 Å². The van der Waals surface area contributed by atoms with Crippen LogP contribution in [0.15, 0.2) is 42.7 Å². The average Bonchev–Trinajstić information content (AvgIpc) is 2.93. The van der Waals surface area contributed by atoms with Crippen LogP contribution in [0.1, 0.15) is 12.0 Å². The summed E-state index contributed by atoms with van der Waals surface area (Å²) in [6, 6.07) is 10.4. The molecule has 1 aliphatic rings.